The first-order valence-electron chi connectivity index (χ1n) is 11.1. The van der Waals surface area contributed by atoms with Crippen LogP contribution in [0, 0.1) is 23.2 Å². The van der Waals surface area contributed by atoms with E-state index in [4.69, 9.17) is 5.73 Å². The molecule has 10 nitrogen and oxygen atoms in total. The number of anilines is 1. The number of hydrogen-bond donors (Lipinski definition) is 1. The van der Waals surface area contributed by atoms with Crippen LogP contribution in [0.3, 0.4) is 0 Å². The maximum Gasteiger partial charge on any atom is 0.332 e. The summed E-state index contributed by atoms with van der Waals surface area (Å²) in [7, 11) is 3.40. The number of nitrogens with zero attached hydrogens (tertiary/aromatic N) is 7. The van der Waals surface area contributed by atoms with Gasteiger partial charge in [0.15, 0.2) is 11.2 Å². The minimum atomic E-state index is -0.547. The van der Waals surface area contributed by atoms with Crippen LogP contribution in [-0.4, -0.2) is 43.3 Å². The molecule has 1 aromatic carbocycles. The van der Waals surface area contributed by atoms with E-state index < -0.39 is 11.2 Å². The second-order valence-corrected chi connectivity index (χ2v) is 8.47. The molecule has 0 bridgehead atoms. The summed E-state index contributed by atoms with van der Waals surface area (Å²) >= 11 is 0. The molecule has 178 valence electrons. The van der Waals surface area contributed by atoms with Crippen molar-refractivity contribution in [2.75, 3.05) is 18.5 Å². The molecule has 0 aliphatic heterocycles. The third-order valence-electron chi connectivity index (χ3n) is 5.76. The van der Waals surface area contributed by atoms with Crippen molar-refractivity contribution in [3.05, 3.63) is 62.4 Å². The lowest BCUT2D eigenvalue weighted by molar-refractivity contribution is 0.644. The van der Waals surface area contributed by atoms with E-state index in [2.05, 4.69) is 27.9 Å². The summed E-state index contributed by atoms with van der Waals surface area (Å²) in [5, 5.41) is 10.5. The van der Waals surface area contributed by atoms with Gasteiger partial charge in [-0.1, -0.05) is 24.1 Å². The number of nitrogens with two attached hydrogens (primary N) is 1. The molecule has 4 rings (SSSR count). The van der Waals surface area contributed by atoms with Crippen molar-refractivity contribution >= 4 is 28.0 Å². The molecular weight excluding hydrogens is 444 g/mol. The van der Waals surface area contributed by atoms with Crippen molar-refractivity contribution in [2.24, 2.45) is 12.8 Å². The molecule has 10 heteroatoms. The van der Waals surface area contributed by atoms with E-state index in [0.717, 1.165) is 9.95 Å². The summed E-state index contributed by atoms with van der Waals surface area (Å²) in [5.74, 6) is 6.32. The summed E-state index contributed by atoms with van der Waals surface area (Å²) in [6, 6.07) is 11.1. The van der Waals surface area contributed by atoms with Crippen LogP contribution in [0.25, 0.3) is 22.1 Å². The monoisotopic (exact) mass is 470 g/mol. The Morgan fingerprint density at radius 2 is 1.94 bits per heavy atom. The molecule has 0 spiro atoms. The molecule has 3 aromatic heterocycles. The van der Waals surface area contributed by atoms with Gasteiger partial charge in [0.2, 0.25) is 5.95 Å². The first-order chi connectivity index (χ1) is 16.8. The molecule has 0 radical (unpaired) electrons. The number of aryl methyl sites for hydroxylation is 1. The van der Waals surface area contributed by atoms with E-state index >= 15 is 0 Å². The number of benzene rings is 1. The van der Waals surface area contributed by atoms with Crippen LogP contribution in [-0.2, 0) is 20.1 Å². The van der Waals surface area contributed by atoms with Gasteiger partial charge in [0.25, 0.3) is 5.56 Å². The molecule has 2 N–H and O–H groups in total. The van der Waals surface area contributed by atoms with Gasteiger partial charge >= 0.3 is 5.69 Å². The zero-order chi connectivity index (χ0) is 25.3. The predicted molar refractivity (Wildman–Crippen MR) is 135 cm³/mol. The lowest BCUT2D eigenvalue weighted by atomic mass is 10.1. The van der Waals surface area contributed by atoms with Gasteiger partial charge in [0.1, 0.15) is 6.07 Å². The minimum absolute atomic E-state index is 0.130. The van der Waals surface area contributed by atoms with Crippen molar-refractivity contribution in [1.82, 2.24) is 23.7 Å². The van der Waals surface area contributed by atoms with E-state index in [0.29, 0.717) is 29.3 Å². The lowest BCUT2D eigenvalue weighted by Gasteiger charge is -2.20. The molecule has 0 fully saturated rings. The van der Waals surface area contributed by atoms with Crippen LogP contribution in [0.5, 0.6) is 0 Å². The van der Waals surface area contributed by atoms with Crippen molar-refractivity contribution in [1.29, 1.82) is 5.26 Å². The fraction of sp³-hybridized carbons (Fsp3) is 0.320. The Balaban J connectivity index is 1.96. The topological polar surface area (TPSA) is 128 Å². The quantitative estimate of drug-likeness (QED) is 0.419. The molecule has 1 atom stereocenters. The third kappa shape index (κ3) is 4.27. The maximum absolute atomic E-state index is 13.7. The Morgan fingerprint density at radius 1 is 1.20 bits per heavy atom. The van der Waals surface area contributed by atoms with Gasteiger partial charge in [-0.05, 0) is 26.0 Å². The molecule has 0 aliphatic carbocycles. The average Bonchev–Trinajstić information content (AvgIpc) is 3.23. The Bertz CT molecular complexity index is 1660. The highest BCUT2D eigenvalue weighted by atomic mass is 16.2. The van der Waals surface area contributed by atoms with Gasteiger partial charge in [-0.3, -0.25) is 18.5 Å². The van der Waals surface area contributed by atoms with Crippen molar-refractivity contribution < 1.29 is 0 Å². The first kappa shape index (κ1) is 23.7. The maximum atomic E-state index is 13.7. The Morgan fingerprint density at radius 3 is 2.63 bits per heavy atom. The van der Waals surface area contributed by atoms with Gasteiger partial charge in [-0.25, -0.2) is 9.78 Å². The van der Waals surface area contributed by atoms with E-state index in [1.54, 1.807) is 24.6 Å². The number of fused-ring (bicyclic) bond motifs is 2. The van der Waals surface area contributed by atoms with Crippen LogP contribution >= 0.6 is 0 Å². The summed E-state index contributed by atoms with van der Waals surface area (Å²) in [6.07, 6.45) is 0. The molecule has 3 heterocycles. The van der Waals surface area contributed by atoms with E-state index in [1.165, 1.54) is 4.57 Å². The lowest BCUT2D eigenvalue weighted by Crippen LogP contribution is -2.40. The standard InChI is InChI=1S/C25H26N8O2/c1-5-6-11-32-21-22(29-24(32)30(3)14-16(2)27)31(4)25(35)33(23(21)34)15-20-18(13-26)12-17-9-7-8-10-19(17)28-20/h7-10,12,16H,11,14-15,27H2,1-4H3. The average molecular weight is 471 g/mol. The normalized spacial score (nSPS) is 11.8. The van der Waals surface area contributed by atoms with Crippen LogP contribution in [0.15, 0.2) is 39.9 Å². The van der Waals surface area contributed by atoms with Crippen LogP contribution in [0.4, 0.5) is 5.95 Å². The third-order valence-corrected chi connectivity index (χ3v) is 5.76. The first-order valence-corrected chi connectivity index (χ1v) is 11.1. The summed E-state index contributed by atoms with van der Waals surface area (Å²) in [4.78, 5) is 38.0. The largest absolute Gasteiger partial charge is 0.344 e. The van der Waals surface area contributed by atoms with Crippen molar-refractivity contribution in [3.63, 3.8) is 0 Å². The Kier molecular flexibility index (Phi) is 6.41. The number of hydrogen-bond acceptors (Lipinski definition) is 7. The zero-order valence-electron chi connectivity index (χ0n) is 20.1. The van der Waals surface area contributed by atoms with Crippen molar-refractivity contribution in [3.8, 4) is 17.9 Å². The molecule has 0 amide bonds. The van der Waals surface area contributed by atoms with Gasteiger partial charge < -0.3 is 10.6 Å². The Labute approximate surface area is 201 Å². The number of nitriles is 1. The highest BCUT2D eigenvalue weighted by Crippen LogP contribution is 2.20. The predicted octanol–water partition coefficient (Wildman–Crippen LogP) is 1.17. The summed E-state index contributed by atoms with van der Waals surface area (Å²) < 4.78 is 4.13. The van der Waals surface area contributed by atoms with Crippen LogP contribution in [0.1, 0.15) is 25.1 Å². The van der Waals surface area contributed by atoms with Crippen molar-refractivity contribution in [2.45, 2.75) is 33.0 Å². The molecule has 4 aromatic rings. The van der Waals surface area contributed by atoms with E-state index in [-0.39, 0.29) is 30.3 Å². The van der Waals surface area contributed by atoms with Gasteiger partial charge in [0, 0.05) is 32.1 Å². The molecule has 35 heavy (non-hydrogen) atoms. The number of pyridine rings is 1. The van der Waals surface area contributed by atoms with Crippen LogP contribution < -0.4 is 21.9 Å². The molecule has 0 aliphatic rings. The second-order valence-electron chi connectivity index (χ2n) is 8.47. The minimum Gasteiger partial charge on any atom is -0.344 e. The second kappa shape index (κ2) is 9.45. The summed E-state index contributed by atoms with van der Waals surface area (Å²) in [6.45, 7) is 4.16. The SMILES string of the molecule is CC#CCn1c(N(C)CC(C)N)nc2c1c(=O)n(Cc1nc3ccccc3cc1C#N)c(=O)n2C. The molecule has 0 saturated heterocycles. The fourth-order valence-electron chi connectivity index (χ4n) is 4.14. The number of rotatable bonds is 6. The number of aromatic nitrogens is 5. The molecule has 0 saturated carbocycles. The number of para-hydroxylation sites is 1. The number of imidazole rings is 1. The highest BCUT2D eigenvalue weighted by molar-refractivity contribution is 5.80. The van der Waals surface area contributed by atoms with E-state index in [9.17, 15) is 14.9 Å². The van der Waals surface area contributed by atoms with Gasteiger partial charge in [-0.2, -0.15) is 10.2 Å². The summed E-state index contributed by atoms with van der Waals surface area (Å²) in [5.41, 5.74) is 6.74. The smallest absolute Gasteiger partial charge is 0.332 e. The Hall–Kier alpha value is -4.41. The molecular formula is C25H26N8O2. The zero-order valence-corrected chi connectivity index (χ0v) is 20.1. The van der Waals surface area contributed by atoms with Gasteiger partial charge in [-0.15, -0.1) is 5.92 Å². The van der Waals surface area contributed by atoms with E-state index in [1.807, 2.05) is 43.1 Å². The van der Waals surface area contributed by atoms with Gasteiger partial charge in [0.05, 0.1) is 29.9 Å². The highest BCUT2D eigenvalue weighted by Gasteiger charge is 2.23. The molecule has 1 unspecified atom stereocenters. The fourth-order valence-corrected chi connectivity index (χ4v) is 4.14. The van der Waals surface area contributed by atoms with Crippen LogP contribution in [0.2, 0.25) is 0 Å². The number of likely N-dealkylation sites (N-methyl/N-ethyl adjacent to an activating group) is 1.